The summed E-state index contributed by atoms with van der Waals surface area (Å²) in [5.41, 5.74) is 2.19. The van der Waals surface area contributed by atoms with Crippen LogP contribution in [0.1, 0.15) is 17.1 Å². The van der Waals surface area contributed by atoms with E-state index < -0.39 is 22.0 Å². The Morgan fingerprint density at radius 3 is 2.23 bits per heavy atom. The van der Waals surface area contributed by atoms with Gasteiger partial charge in [-0.1, -0.05) is 17.7 Å². The molecule has 0 aliphatic carbocycles. The summed E-state index contributed by atoms with van der Waals surface area (Å²) in [6.07, 6.45) is -1.52. The third kappa shape index (κ3) is 4.88. The Balaban J connectivity index is 1.64. The van der Waals surface area contributed by atoms with Crippen LogP contribution < -0.4 is 10.3 Å². The van der Waals surface area contributed by atoms with E-state index in [2.05, 4.69) is 15.0 Å². The lowest BCUT2D eigenvalue weighted by molar-refractivity contribution is -0.145. The van der Waals surface area contributed by atoms with Crippen LogP contribution in [0.2, 0.25) is 0 Å². The molecule has 0 aliphatic rings. The Hall–Kier alpha value is -4.52. The lowest BCUT2D eigenvalue weighted by Gasteiger charge is -2.10. The van der Waals surface area contributed by atoms with Crippen molar-refractivity contribution in [2.75, 3.05) is 0 Å². The van der Waals surface area contributed by atoms with E-state index >= 15 is 0 Å². The molecule has 1 aromatic carbocycles. The monoisotopic (exact) mass is 555 g/mol. The van der Waals surface area contributed by atoms with E-state index in [4.69, 9.17) is 4.74 Å². The maximum Gasteiger partial charge on any atom is 0.451 e. The van der Waals surface area contributed by atoms with E-state index in [1.165, 1.54) is 48.1 Å². The molecule has 200 valence electrons. The van der Waals surface area contributed by atoms with Crippen molar-refractivity contribution in [3.8, 4) is 22.8 Å². The van der Waals surface area contributed by atoms with Gasteiger partial charge in [0, 0.05) is 42.7 Å². The lowest BCUT2D eigenvalue weighted by atomic mass is 10.1. The fraction of sp³-hybridized carbons (Fsp3) is 0.154. The van der Waals surface area contributed by atoms with E-state index in [-0.39, 0.29) is 33.2 Å². The van der Waals surface area contributed by atoms with Crippen LogP contribution in [-0.2, 0) is 23.2 Å². The fourth-order valence-corrected chi connectivity index (χ4v) is 5.42. The maximum atomic E-state index is 13.6. The van der Waals surface area contributed by atoms with Crippen molar-refractivity contribution < 1.29 is 26.3 Å². The number of aromatic nitrogens is 5. The van der Waals surface area contributed by atoms with Gasteiger partial charge in [0.1, 0.15) is 5.75 Å². The maximum absolute atomic E-state index is 13.6. The van der Waals surface area contributed by atoms with E-state index in [0.29, 0.717) is 16.8 Å². The number of benzene rings is 1. The van der Waals surface area contributed by atoms with E-state index in [9.17, 15) is 26.4 Å². The molecule has 4 aromatic heterocycles. The quantitative estimate of drug-likeness (QED) is 0.305. The smallest absolute Gasteiger partial charge is 0.451 e. The van der Waals surface area contributed by atoms with Crippen LogP contribution in [0.5, 0.6) is 11.5 Å². The van der Waals surface area contributed by atoms with E-state index in [0.717, 1.165) is 21.9 Å². The van der Waals surface area contributed by atoms with Gasteiger partial charge in [0.2, 0.25) is 5.82 Å². The first-order valence-electron chi connectivity index (χ1n) is 11.4. The first-order valence-corrected chi connectivity index (χ1v) is 12.9. The summed E-state index contributed by atoms with van der Waals surface area (Å²) in [6, 6.07) is 12.1. The van der Waals surface area contributed by atoms with Gasteiger partial charge in [-0.2, -0.15) is 13.2 Å². The zero-order chi connectivity index (χ0) is 28.1. The molecule has 0 amide bonds. The predicted octanol–water partition coefficient (Wildman–Crippen LogP) is 4.86. The minimum absolute atomic E-state index is 0.0451. The van der Waals surface area contributed by atoms with Crippen molar-refractivity contribution in [1.82, 2.24) is 23.5 Å². The summed E-state index contributed by atoms with van der Waals surface area (Å²) in [7, 11) is -2.53. The second kappa shape index (κ2) is 9.34. The summed E-state index contributed by atoms with van der Waals surface area (Å²) in [6.45, 7) is 3.51. The number of hydrogen-bond donors (Lipinski definition) is 0. The summed E-state index contributed by atoms with van der Waals surface area (Å²) < 4.78 is 73.7. The summed E-state index contributed by atoms with van der Waals surface area (Å²) >= 11 is 0. The van der Waals surface area contributed by atoms with Crippen LogP contribution in [0, 0.1) is 13.8 Å². The molecule has 0 bridgehead atoms. The number of ether oxygens (including phenoxy) is 1. The van der Waals surface area contributed by atoms with Crippen molar-refractivity contribution in [2.24, 2.45) is 7.05 Å². The molecule has 0 N–H and O–H groups in total. The predicted molar refractivity (Wildman–Crippen MR) is 136 cm³/mol. The molecule has 0 radical (unpaired) electrons. The standard InChI is InChI=1S/C26H20F3N5O4S/c1-15-4-6-19(7-5-15)39(36,37)34-14-20(24-22(34)8-9-23(35)33(24)3)21-11-17(10-16(2)32-21)38-18-12-30-25(31-13-18)26(27,28)29/h4-14H,1-3H3. The van der Waals surface area contributed by atoms with E-state index in [1.54, 1.807) is 25.1 Å². The number of alkyl halides is 3. The largest absolute Gasteiger partial charge is 0.454 e. The van der Waals surface area contributed by atoms with Gasteiger partial charge in [-0.15, -0.1) is 0 Å². The minimum Gasteiger partial charge on any atom is -0.454 e. The third-order valence-corrected chi connectivity index (χ3v) is 7.62. The highest BCUT2D eigenvalue weighted by atomic mass is 32.2. The van der Waals surface area contributed by atoms with Gasteiger partial charge in [-0.05, 0) is 32.0 Å². The second-order valence-corrected chi connectivity index (χ2v) is 10.6. The average molecular weight is 556 g/mol. The molecule has 0 saturated carbocycles. The van der Waals surface area contributed by atoms with Crippen LogP contribution in [0.3, 0.4) is 0 Å². The Bertz CT molecular complexity index is 1880. The number of halogens is 3. The van der Waals surface area contributed by atoms with Crippen LogP contribution in [0.15, 0.2) is 76.8 Å². The molecule has 0 unspecified atom stereocenters. The Morgan fingerprint density at radius 2 is 1.59 bits per heavy atom. The Morgan fingerprint density at radius 1 is 0.923 bits per heavy atom. The molecule has 0 fully saturated rings. The fourth-order valence-electron chi connectivity index (χ4n) is 4.06. The second-order valence-electron chi connectivity index (χ2n) is 8.79. The van der Waals surface area contributed by atoms with Gasteiger partial charge in [0.25, 0.3) is 15.6 Å². The molecular formula is C26H20F3N5O4S. The van der Waals surface area contributed by atoms with Crippen molar-refractivity contribution in [1.29, 1.82) is 0 Å². The SMILES string of the molecule is Cc1ccc(S(=O)(=O)n2cc(-c3cc(Oc4cnc(C(F)(F)F)nc4)cc(C)n3)c3c2ccc(=O)n3C)cc1. The van der Waals surface area contributed by atoms with Crippen LogP contribution in [-0.4, -0.2) is 31.9 Å². The van der Waals surface area contributed by atoms with Crippen LogP contribution >= 0.6 is 0 Å². The summed E-state index contributed by atoms with van der Waals surface area (Å²) in [5.74, 6) is -1.15. The first kappa shape index (κ1) is 26.1. The number of rotatable bonds is 5. The van der Waals surface area contributed by atoms with Gasteiger partial charge in [0.05, 0.1) is 34.0 Å². The van der Waals surface area contributed by atoms with E-state index in [1.807, 2.05) is 6.92 Å². The summed E-state index contributed by atoms with van der Waals surface area (Å²) in [4.78, 5) is 23.7. The van der Waals surface area contributed by atoms with Crippen molar-refractivity contribution in [3.05, 3.63) is 94.6 Å². The Labute approximate surface area is 220 Å². The highest BCUT2D eigenvalue weighted by Crippen LogP contribution is 2.34. The molecular weight excluding hydrogens is 535 g/mol. The van der Waals surface area contributed by atoms with Gasteiger partial charge < -0.3 is 9.30 Å². The number of nitrogens with zero attached hydrogens (tertiary/aromatic N) is 5. The van der Waals surface area contributed by atoms with Crippen LogP contribution in [0.25, 0.3) is 22.3 Å². The molecule has 0 spiro atoms. The number of pyridine rings is 2. The normalized spacial score (nSPS) is 12.2. The first-order chi connectivity index (χ1) is 18.3. The molecule has 13 heteroatoms. The van der Waals surface area contributed by atoms with Gasteiger partial charge >= 0.3 is 6.18 Å². The highest BCUT2D eigenvalue weighted by Gasteiger charge is 2.34. The summed E-state index contributed by atoms with van der Waals surface area (Å²) in [5, 5.41) is 0. The molecule has 0 atom stereocenters. The molecule has 5 rings (SSSR count). The van der Waals surface area contributed by atoms with Gasteiger partial charge in [0.15, 0.2) is 5.75 Å². The molecule has 0 saturated heterocycles. The number of aryl methyl sites for hydroxylation is 3. The van der Waals surface area contributed by atoms with Crippen molar-refractivity contribution in [3.63, 3.8) is 0 Å². The highest BCUT2D eigenvalue weighted by molar-refractivity contribution is 7.90. The minimum atomic E-state index is -4.69. The number of fused-ring (bicyclic) bond motifs is 1. The molecule has 4 heterocycles. The van der Waals surface area contributed by atoms with Crippen molar-refractivity contribution >= 4 is 21.1 Å². The van der Waals surface area contributed by atoms with Crippen LogP contribution in [0.4, 0.5) is 13.2 Å². The molecule has 5 aromatic rings. The van der Waals surface area contributed by atoms with Gasteiger partial charge in [-0.25, -0.2) is 22.4 Å². The Kier molecular flexibility index (Phi) is 6.25. The molecule has 39 heavy (non-hydrogen) atoms. The van der Waals surface area contributed by atoms with Gasteiger partial charge in [-0.3, -0.25) is 9.78 Å². The number of hydrogen-bond acceptors (Lipinski definition) is 7. The average Bonchev–Trinajstić information content (AvgIpc) is 3.27. The molecule has 9 nitrogen and oxygen atoms in total. The topological polar surface area (TPSA) is 109 Å². The third-order valence-electron chi connectivity index (χ3n) is 5.93. The van der Waals surface area contributed by atoms with Crippen molar-refractivity contribution in [2.45, 2.75) is 24.9 Å². The lowest BCUT2D eigenvalue weighted by Crippen LogP contribution is -2.17. The zero-order valence-corrected chi connectivity index (χ0v) is 21.6. The molecule has 0 aliphatic heterocycles. The zero-order valence-electron chi connectivity index (χ0n) is 20.8.